The van der Waals surface area contributed by atoms with Crippen LogP contribution in [-0.2, 0) is 9.84 Å². The van der Waals surface area contributed by atoms with Crippen molar-refractivity contribution in [2.24, 2.45) is 11.7 Å². The molecule has 1 aliphatic carbocycles. The third kappa shape index (κ3) is 2.74. The number of benzene rings is 1. The maximum absolute atomic E-state index is 12.9. The molecule has 2 aliphatic rings. The molecule has 0 spiro atoms. The van der Waals surface area contributed by atoms with Crippen LogP contribution in [0.4, 0.5) is 0 Å². The Hall–Kier alpha value is -1.27. The van der Waals surface area contributed by atoms with Gasteiger partial charge in [0.05, 0.1) is 10.1 Å². The fraction of sp³-hybridized carbons (Fsp3) is 0.600. The van der Waals surface area contributed by atoms with Crippen molar-refractivity contribution in [1.29, 1.82) is 0 Å². The smallest absolute Gasteiger partial charge is 0.182 e. The van der Waals surface area contributed by atoms with Gasteiger partial charge < -0.3 is 15.2 Å². The lowest BCUT2D eigenvalue weighted by atomic mass is 9.87. The largest absolute Gasteiger partial charge is 0.486 e. The fourth-order valence-electron chi connectivity index (χ4n) is 3.08. The van der Waals surface area contributed by atoms with Gasteiger partial charge in [0, 0.05) is 12.1 Å². The molecular formula is C15H21NO4S. The molecule has 1 heterocycles. The second-order valence-corrected chi connectivity index (χ2v) is 8.14. The summed E-state index contributed by atoms with van der Waals surface area (Å²) in [5, 5.41) is -0.510. The van der Waals surface area contributed by atoms with Gasteiger partial charge in [-0.2, -0.15) is 0 Å². The number of sulfone groups is 1. The Morgan fingerprint density at radius 3 is 2.62 bits per heavy atom. The molecule has 0 aromatic heterocycles. The normalized spacial score (nSPS) is 29.1. The van der Waals surface area contributed by atoms with Gasteiger partial charge in [0.2, 0.25) is 0 Å². The summed E-state index contributed by atoms with van der Waals surface area (Å²) in [6, 6.07) is 4.53. The van der Waals surface area contributed by atoms with Gasteiger partial charge in [-0.1, -0.05) is 6.92 Å². The van der Waals surface area contributed by atoms with Gasteiger partial charge in [-0.15, -0.1) is 0 Å². The van der Waals surface area contributed by atoms with Gasteiger partial charge in [-0.3, -0.25) is 0 Å². The van der Waals surface area contributed by atoms with Crippen molar-refractivity contribution >= 4 is 9.84 Å². The van der Waals surface area contributed by atoms with Gasteiger partial charge >= 0.3 is 0 Å². The third-order valence-corrected chi connectivity index (χ3v) is 6.60. The van der Waals surface area contributed by atoms with Crippen LogP contribution in [0.5, 0.6) is 11.5 Å². The van der Waals surface area contributed by atoms with Crippen LogP contribution in [-0.4, -0.2) is 32.9 Å². The molecule has 0 saturated heterocycles. The van der Waals surface area contributed by atoms with E-state index in [1.165, 1.54) is 0 Å². The molecule has 1 aromatic rings. The molecule has 3 rings (SSSR count). The molecule has 6 heteroatoms. The molecule has 1 aromatic carbocycles. The fourth-order valence-corrected chi connectivity index (χ4v) is 5.14. The predicted octanol–water partition coefficient (Wildman–Crippen LogP) is 1.75. The van der Waals surface area contributed by atoms with Gasteiger partial charge in [-0.05, 0) is 37.3 Å². The predicted molar refractivity (Wildman–Crippen MR) is 79.4 cm³/mol. The monoisotopic (exact) mass is 311 g/mol. The number of nitrogens with two attached hydrogens (primary N) is 1. The van der Waals surface area contributed by atoms with E-state index in [4.69, 9.17) is 15.2 Å². The molecule has 21 heavy (non-hydrogen) atoms. The van der Waals surface area contributed by atoms with Crippen LogP contribution < -0.4 is 15.2 Å². The zero-order valence-electron chi connectivity index (χ0n) is 12.1. The van der Waals surface area contributed by atoms with E-state index in [-0.39, 0.29) is 10.9 Å². The number of ether oxygens (including phenoxy) is 2. The molecule has 116 valence electrons. The average molecular weight is 311 g/mol. The van der Waals surface area contributed by atoms with Crippen molar-refractivity contribution in [3.05, 3.63) is 18.2 Å². The van der Waals surface area contributed by atoms with Crippen molar-refractivity contribution < 1.29 is 17.9 Å². The van der Waals surface area contributed by atoms with E-state index in [0.29, 0.717) is 37.1 Å². The molecule has 3 atom stereocenters. The summed E-state index contributed by atoms with van der Waals surface area (Å²) in [6.07, 6.45) is 2.38. The Kier molecular flexibility index (Phi) is 3.84. The zero-order chi connectivity index (χ0) is 15.0. The summed E-state index contributed by atoms with van der Waals surface area (Å²) in [6.45, 7) is 3.01. The Labute approximate surface area is 125 Å². The highest BCUT2D eigenvalue weighted by molar-refractivity contribution is 7.92. The maximum atomic E-state index is 12.9. The van der Waals surface area contributed by atoms with E-state index in [1.54, 1.807) is 18.2 Å². The van der Waals surface area contributed by atoms with Crippen molar-refractivity contribution in [3.8, 4) is 11.5 Å². The molecule has 0 bridgehead atoms. The summed E-state index contributed by atoms with van der Waals surface area (Å²) >= 11 is 0. The lowest BCUT2D eigenvalue weighted by Gasteiger charge is -2.32. The number of hydrogen-bond donors (Lipinski definition) is 1. The van der Waals surface area contributed by atoms with Crippen molar-refractivity contribution in [1.82, 2.24) is 0 Å². The van der Waals surface area contributed by atoms with Gasteiger partial charge in [0.25, 0.3) is 0 Å². The van der Waals surface area contributed by atoms with E-state index >= 15 is 0 Å². The summed E-state index contributed by atoms with van der Waals surface area (Å²) in [7, 11) is -3.44. The molecule has 1 saturated carbocycles. The lowest BCUT2D eigenvalue weighted by Crippen LogP contribution is -2.44. The maximum Gasteiger partial charge on any atom is 0.182 e. The van der Waals surface area contributed by atoms with Gasteiger partial charge in [0.15, 0.2) is 21.3 Å². The Morgan fingerprint density at radius 2 is 1.86 bits per heavy atom. The van der Waals surface area contributed by atoms with Crippen LogP contribution in [0, 0.1) is 5.92 Å². The lowest BCUT2D eigenvalue weighted by molar-refractivity contribution is 0.171. The van der Waals surface area contributed by atoms with Crippen molar-refractivity contribution in [2.75, 3.05) is 13.2 Å². The van der Waals surface area contributed by atoms with Crippen LogP contribution in [0.25, 0.3) is 0 Å². The highest BCUT2D eigenvalue weighted by atomic mass is 32.2. The van der Waals surface area contributed by atoms with Crippen LogP contribution in [0.2, 0.25) is 0 Å². The number of fused-ring (bicyclic) bond motifs is 1. The van der Waals surface area contributed by atoms with Crippen LogP contribution in [0.1, 0.15) is 26.2 Å². The van der Waals surface area contributed by atoms with Crippen molar-refractivity contribution in [2.45, 2.75) is 42.4 Å². The minimum absolute atomic E-state index is 0.279. The molecule has 0 radical (unpaired) electrons. The van der Waals surface area contributed by atoms with E-state index in [0.717, 1.165) is 12.8 Å². The standard InChI is InChI=1S/C15H21NO4S/c1-10-2-4-12(16)15(8-10)21(17,18)11-3-5-13-14(9-11)20-7-6-19-13/h3,5,9-10,12,15H,2,4,6-8,16H2,1H3. The molecule has 2 N–H and O–H groups in total. The van der Waals surface area contributed by atoms with Crippen LogP contribution >= 0.6 is 0 Å². The molecule has 1 fully saturated rings. The Morgan fingerprint density at radius 1 is 1.14 bits per heavy atom. The summed E-state index contributed by atoms with van der Waals surface area (Å²) in [4.78, 5) is 0.279. The third-order valence-electron chi connectivity index (χ3n) is 4.35. The van der Waals surface area contributed by atoms with E-state index in [9.17, 15) is 8.42 Å². The van der Waals surface area contributed by atoms with Crippen molar-refractivity contribution in [3.63, 3.8) is 0 Å². The summed E-state index contributed by atoms with van der Waals surface area (Å²) in [5.41, 5.74) is 6.07. The van der Waals surface area contributed by atoms with Gasteiger partial charge in [0.1, 0.15) is 13.2 Å². The first-order valence-electron chi connectivity index (χ1n) is 7.37. The summed E-state index contributed by atoms with van der Waals surface area (Å²) < 4.78 is 36.6. The minimum atomic E-state index is -3.44. The van der Waals surface area contributed by atoms with Crippen LogP contribution in [0.3, 0.4) is 0 Å². The quantitative estimate of drug-likeness (QED) is 0.900. The SMILES string of the molecule is CC1CCC(N)C(S(=O)(=O)c2ccc3c(c2)OCCO3)C1. The highest BCUT2D eigenvalue weighted by Gasteiger charge is 2.37. The topological polar surface area (TPSA) is 78.6 Å². The molecular weight excluding hydrogens is 290 g/mol. The molecule has 0 amide bonds. The minimum Gasteiger partial charge on any atom is -0.486 e. The highest BCUT2D eigenvalue weighted by Crippen LogP contribution is 2.36. The first-order chi connectivity index (χ1) is 9.98. The zero-order valence-corrected chi connectivity index (χ0v) is 12.9. The van der Waals surface area contributed by atoms with E-state index in [1.807, 2.05) is 0 Å². The summed E-state index contributed by atoms with van der Waals surface area (Å²) in [5.74, 6) is 1.49. The first-order valence-corrected chi connectivity index (χ1v) is 8.92. The second-order valence-electron chi connectivity index (χ2n) is 5.97. The van der Waals surface area contributed by atoms with Crippen LogP contribution in [0.15, 0.2) is 23.1 Å². The Balaban J connectivity index is 1.94. The second kappa shape index (κ2) is 5.50. The average Bonchev–Trinajstić information content (AvgIpc) is 2.49. The molecule has 1 aliphatic heterocycles. The first kappa shape index (κ1) is 14.7. The molecule has 5 nitrogen and oxygen atoms in total. The van der Waals surface area contributed by atoms with E-state index < -0.39 is 15.1 Å². The van der Waals surface area contributed by atoms with Gasteiger partial charge in [-0.25, -0.2) is 8.42 Å². The number of hydrogen-bond acceptors (Lipinski definition) is 5. The molecule has 3 unspecified atom stereocenters. The Bertz CT molecular complexity index is 629. The number of rotatable bonds is 2. The van der Waals surface area contributed by atoms with E-state index in [2.05, 4.69) is 6.92 Å².